The van der Waals surface area contributed by atoms with Crippen molar-refractivity contribution in [1.29, 1.82) is 0 Å². The first-order valence-corrected chi connectivity index (χ1v) is 7.14. The van der Waals surface area contributed by atoms with Crippen molar-refractivity contribution in [3.63, 3.8) is 0 Å². The number of nitrogens with zero attached hydrogens (tertiary/aromatic N) is 2. The zero-order valence-corrected chi connectivity index (χ0v) is 11.6. The molecule has 3 N–H and O–H groups in total. The molecule has 0 amide bonds. The van der Waals surface area contributed by atoms with E-state index in [0.29, 0.717) is 5.89 Å². The molecule has 1 aromatic heterocycles. The van der Waals surface area contributed by atoms with Gasteiger partial charge in [-0.15, -0.1) is 10.2 Å². The predicted octanol–water partition coefficient (Wildman–Crippen LogP) is 0.303. The van der Waals surface area contributed by atoms with Crippen molar-refractivity contribution in [3.05, 3.63) is 35.5 Å². The molecule has 2 aromatic rings. The zero-order chi connectivity index (χ0) is 15.6. The maximum atomic E-state index is 11.5. The minimum Gasteiger partial charge on any atom is -0.482 e. The molecular weight excluding hydrogens is 302 g/mol. The topological polar surface area (TPSA) is 146 Å². The number of sulfonamides is 1. The van der Waals surface area contributed by atoms with Crippen LogP contribution in [-0.2, 0) is 16.6 Å². The summed E-state index contributed by atoms with van der Waals surface area (Å²) in [6.45, 7) is 1.42. The lowest BCUT2D eigenvalue weighted by Crippen LogP contribution is -2.15. The maximum Gasteiger partial charge on any atom is 0.335 e. The van der Waals surface area contributed by atoms with Gasteiger partial charge in [0.1, 0.15) is 10.6 Å². The van der Waals surface area contributed by atoms with Crippen LogP contribution >= 0.6 is 0 Å². The van der Waals surface area contributed by atoms with Crippen molar-refractivity contribution >= 4 is 16.0 Å². The van der Waals surface area contributed by atoms with E-state index in [1.54, 1.807) is 6.92 Å². The van der Waals surface area contributed by atoms with Crippen LogP contribution in [0.4, 0.5) is 0 Å². The number of carboxylic acid groups (broad SMARTS) is 1. The van der Waals surface area contributed by atoms with Crippen molar-refractivity contribution in [2.45, 2.75) is 18.4 Å². The molecule has 0 radical (unpaired) electrons. The van der Waals surface area contributed by atoms with Crippen LogP contribution in [0.15, 0.2) is 27.5 Å². The third kappa shape index (κ3) is 3.55. The number of primary sulfonamides is 1. The second-order valence-corrected chi connectivity index (χ2v) is 5.55. The van der Waals surface area contributed by atoms with Crippen LogP contribution in [0.5, 0.6) is 5.75 Å². The summed E-state index contributed by atoms with van der Waals surface area (Å²) >= 11 is 0. The number of aromatic nitrogens is 2. The number of rotatable bonds is 5. The normalized spacial score (nSPS) is 11.3. The standard InChI is InChI=1S/C11H11N3O6S/c1-6-13-14-10(20-6)5-19-8-3-2-7(11(15)16)4-9(8)21(12,17)18/h2-4H,5H2,1H3,(H,15,16)(H2,12,17,18). The molecule has 21 heavy (non-hydrogen) atoms. The molecule has 1 heterocycles. The van der Waals surface area contributed by atoms with E-state index in [1.165, 1.54) is 12.1 Å². The van der Waals surface area contributed by atoms with Gasteiger partial charge in [-0.2, -0.15) is 0 Å². The van der Waals surface area contributed by atoms with Gasteiger partial charge in [-0.3, -0.25) is 0 Å². The van der Waals surface area contributed by atoms with Crippen LogP contribution in [0.3, 0.4) is 0 Å². The highest BCUT2D eigenvalue weighted by Crippen LogP contribution is 2.25. The van der Waals surface area contributed by atoms with Crippen LogP contribution in [0, 0.1) is 6.92 Å². The average molecular weight is 313 g/mol. The highest BCUT2D eigenvalue weighted by molar-refractivity contribution is 7.89. The molecule has 2 rings (SSSR count). The van der Waals surface area contributed by atoms with E-state index in [2.05, 4.69) is 10.2 Å². The van der Waals surface area contributed by atoms with Gasteiger partial charge in [0.2, 0.25) is 15.9 Å². The average Bonchev–Trinajstić information content (AvgIpc) is 2.81. The van der Waals surface area contributed by atoms with Crippen molar-refractivity contribution < 1.29 is 27.5 Å². The molecule has 0 aliphatic rings. The first-order chi connectivity index (χ1) is 9.77. The van der Waals surface area contributed by atoms with E-state index in [0.717, 1.165) is 6.07 Å². The number of aromatic carboxylic acids is 1. The van der Waals surface area contributed by atoms with Crippen LogP contribution in [-0.4, -0.2) is 29.7 Å². The number of ether oxygens (including phenoxy) is 1. The summed E-state index contributed by atoms with van der Waals surface area (Å²) in [7, 11) is -4.14. The van der Waals surface area contributed by atoms with Gasteiger partial charge in [0, 0.05) is 6.92 Å². The van der Waals surface area contributed by atoms with Crippen LogP contribution in [0.25, 0.3) is 0 Å². The SMILES string of the molecule is Cc1nnc(COc2ccc(C(=O)O)cc2S(N)(=O)=O)o1. The molecule has 10 heteroatoms. The van der Waals surface area contributed by atoms with Crippen molar-refractivity contribution in [3.8, 4) is 5.75 Å². The Balaban J connectivity index is 2.32. The number of carboxylic acids is 1. The Bertz CT molecular complexity index is 783. The fourth-order valence-corrected chi connectivity index (χ4v) is 2.22. The first-order valence-electron chi connectivity index (χ1n) is 5.59. The van der Waals surface area contributed by atoms with Crippen molar-refractivity contribution in [2.24, 2.45) is 5.14 Å². The Kier molecular flexibility index (Phi) is 3.91. The number of hydrogen-bond donors (Lipinski definition) is 2. The van der Waals surface area contributed by atoms with Gasteiger partial charge in [-0.05, 0) is 18.2 Å². The fraction of sp³-hybridized carbons (Fsp3) is 0.182. The monoisotopic (exact) mass is 313 g/mol. The number of carbonyl (C=O) groups is 1. The quantitative estimate of drug-likeness (QED) is 0.801. The smallest absolute Gasteiger partial charge is 0.335 e. The van der Waals surface area contributed by atoms with E-state index < -0.39 is 20.9 Å². The minimum atomic E-state index is -4.14. The molecule has 112 valence electrons. The van der Waals surface area contributed by atoms with E-state index >= 15 is 0 Å². The third-order valence-corrected chi connectivity index (χ3v) is 3.35. The number of nitrogens with two attached hydrogens (primary N) is 1. The molecule has 0 saturated heterocycles. The molecule has 0 bridgehead atoms. The summed E-state index contributed by atoms with van der Waals surface area (Å²) < 4.78 is 33.3. The summed E-state index contributed by atoms with van der Waals surface area (Å²) in [5, 5.41) is 21.2. The maximum absolute atomic E-state index is 11.5. The lowest BCUT2D eigenvalue weighted by molar-refractivity contribution is 0.0696. The van der Waals surface area contributed by atoms with Crippen LogP contribution in [0.2, 0.25) is 0 Å². The molecule has 0 unspecified atom stereocenters. The van der Waals surface area contributed by atoms with E-state index in [-0.39, 0.29) is 23.8 Å². The summed E-state index contributed by atoms with van der Waals surface area (Å²) in [6.07, 6.45) is 0. The zero-order valence-electron chi connectivity index (χ0n) is 10.8. The Morgan fingerprint density at radius 2 is 2.14 bits per heavy atom. The predicted molar refractivity (Wildman–Crippen MR) is 68.1 cm³/mol. The molecule has 1 aromatic carbocycles. The molecule has 0 aliphatic heterocycles. The summed E-state index contributed by atoms with van der Waals surface area (Å²) in [4.78, 5) is 10.4. The molecule has 0 aliphatic carbocycles. The van der Waals surface area contributed by atoms with E-state index in [9.17, 15) is 13.2 Å². The van der Waals surface area contributed by atoms with Gasteiger partial charge in [0.15, 0.2) is 6.61 Å². The Labute approximate surface area is 119 Å². The lowest BCUT2D eigenvalue weighted by atomic mass is 10.2. The molecule has 0 saturated carbocycles. The highest BCUT2D eigenvalue weighted by Gasteiger charge is 2.19. The number of benzene rings is 1. The van der Waals surface area contributed by atoms with Crippen molar-refractivity contribution in [1.82, 2.24) is 10.2 Å². The van der Waals surface area contributed by atoms with E-state index in [1.807, 2.05) is 0 Å². The van der Waals surface area contributed by atoms with Crippen LogP contribution < -0.4 is 9.88 Å². The largest absolute Gasteiger partial charge is 0.482 e. The first kappa shape index (κ1) is 14.9. The summed E-state index contributed by atoms with van der Waals surface area (Å²) in [6, 6.07) is 3.32. The second-order valence-electron chi connectivity index (χ2n) is 4.02. The molecule has 0 fully saturated rings. The van der Waals surface area contributed by atoms with Gasteiger partial charge in [0.05, 0.1) is 5.56 Å². The molecule has 0 atom stereocenters. The minimum absolute atomic E-state index is 0.0987. The van der Waals surface area contributed by atoms with Gasteiger partial charge in [-0.1, -0.05) is 0 Å². The Hall–Kier alpha value is -2.46. The summed E-state index contributed by atoms with van der Waals surface area (Å²) in [5.74, 6) is -0.894. The van der Waals surface area contributed by atoms with E-state index in [4.69, 9.17) is 19.4 Å². The second kappa shape index (κ2) is 5.50. The Morgan fingerprint density at radius 3 is 2.67 bits per heavy atom. The molecule has 0 spiro atoms. The third-order valence-electron chi connectivity index (χ3n) is 2.42. The molecular formula is C11H11N3O6S. The Morgan fingerprint density at radius 1 is 1.43 bits per heavy atom. The van der Waals surface area contributed by atoms with Gasteiger partial charge in [0.25, 0.3) is 5.89 Å². The van der Waals surface area contributed by atoms with Crippen LogP contribution in [0.1, 0.15) is 22.1 Å². The van der Waals surface area contributed by atoms with Gasteiger partial charge >= 0.3 is 5.97 Å². The van der Waals surface area contributed by atoms with Gasteiger partial charge < -0.3 is 14.3 Å². The number of hydrogen-bond acceptors (Lipinski definition) is 7. The van der Waals surface area contributed by atoms with Crippen molar-refractivity contribution in [2.75, 3.05) is 0 Å². The summed E-state index contributed by atoms with van der Waals surface area (Å²) in [5.41, 5.74) is -0.222. The lowest BCUT2D eigenvalue weighted by Gasteiger charge is -2.09. The molecule has 9 nitrogen and oxygen atoms in total. The van der Waals surface area contributed by atoms with Gasteiger partial charge in [-0.25, -0.2) is 18.4 Å². The number of aryl methyl sites for hydroxylation is 1. The highest BCUT2D eigenvalue weighted by atomic mass is 32.2. The fourth-order valence-electron chi connectivity index (χ4n) is 1.52.